The molecule has 0 aliphatic rings. The molecule has 0 atom stereocenters. The maximum absolute atomic E-state index is 5.35. The third kappa shape index (κ3) is 4.81. The molecule has 1 aromatic rings. The van der Waals surface area contributed by atoms with Gasteiger partial charge in [-0.05, 0) is 17.7 Å². The summed E-state index contributed by atoms with van der Waals surface area (Å²) < 4.78 is 10.2. The van der Waals surface area contributed by atoms with Gasteiger partial charge in [-0.1, -0.05) is 26.0 Å². The van der Waals surface area contributed by atoms with Gasteiger partial charge < -0.3 is 14.8 Å². The van der Waals surface area contributed by atoms with Crippen molar-refractivity contribution >= 4 is 0 Å². The molecule has 1 rings (SSSR count). The van der Waals surface area contributed by atoms with E-state index in [1.807, 2.05) is 18.2 Å². The average molecular weight is 209 g/mol. The molecule has 0 aromatic heterocycles. The zero-order valence-electron chi connectivity index (χ0n) is 9.62. The standard InChI is InChI=1S/C12H19NO2/c1-10(2)13-8-11-5-4-6-12(7-11)15-9-14-3/h4-7,10,13H,8-9H2,1-3H3. The first kappa shape index (κ1) is 12.0. The fourth-order valence-corrected chi connectivity index (χ4v) is 1.19. The Morgan fingerprint density at radius 2 is 2.13 bits per heavy atom. The molecule has 0 radical (unpaired) electrons. The molecular weight excluding hydrogens is 190 g/mol. The van der Waals surface area contributed by atoms with Crippen LogP contribution in [0.2, 0.25) is 0 Å². The molecule has 0 aliphatic carbocycles. The van der Waals surface area contributed by atoms with E-state index in [9.17, 15) is 0 Å². The van der Waals surface area contributed by atoms with Crippen LogP contribution in [0.25, 0.3) is 0 Å². The molecule has 0 heterocycles. The summed E-state index contributed by atoms with van der Waals surface area (Å²) in [5.74, 6) is 0.847. The van der Waals surface area contributed by atoms with Gasteiger partial charge in [-0.25, -0.2) is 0 Å². The van der Waals surface area contributed by atoms with Crippen molar-refractivity contribution in [1.82, 2.24) is 5.32 Å². The Hall–Kier alpha value is -1.06. The maximum atomic E-state index is 5.35. The highest BCUT2D eigenvalue weighted by Crippen LogP contribution is 2.13. The molecule has 0 aliphatic heterocycles. The molecule has 0 spiro atoms. The number of ether oxygens (including phenoxy) is 2. The summed E-state index contributed by atoms with van der Waals surface area (Å²) in [5.41, 5.74) is 1.22. The number of rotatable bonds is 6. The van der Waals surface area contributed by atoms with Gasteiger partial charge in [-0.2, -0.15) is 0 Å². The summed E-state index contributed by atoms with van der Waals surface area (Å²) in [4.78, 5) is 0. The number of methoxy groups -OCH3 is 1. The van der Waals surface area contributed by atoms with Crippen molar-refractivity contribution in [3.8, 4) is 5.75 Å². The fraction of sp³-hybridized carbons (Fsp3) is 0.500. The second-order valence-electron chi connectivity index (χ2n) is 3.73. The molecule has 0 amide bonds. The summed E-state index contributed by atoms with van der Waals surface area (Å²) in [5, 5.41) is 3.36. The summed E-state index contributed by atoms with van der Waals surface area (Å²) >= 11 is 0. The van der Waals surface area contributed by atoms with E-state index in [0.717, 1.165) is 12.3 Å². The quantitative estimate of drug-likeness (QED) is 0.728. The predicted octanol–water partition coefficient (Wildman–Crippen LogP) is 2.17. The molecule has 1 N–H and O–H groups in total. The molecule has 1 aromatic carbocycles. The summed E-state index contributed by atoms with van der Waals surface area (Å²) in [6, 6.07) is 8.51. The Labute approximate surface area is 91.4 Å². The topological polar surface area (TPSA) is 30.5 Å². The van der Waals surface area contributed by atoms with Crippen LogP contribution in [0.15, 0.2) is 24.3 Å². The lowest BCUT2D eigenvalue weighted by Gasteiger charge is -2.09. The average Bonchev–Trinajstić information content (AvgIpc) is 2.24. The molecular formula is C12H19NO2. The van der Waals surface area contributed by atoms with Gasteiger partial charge in [0.15, 0.2) is 6.79 Å². The van der Waals surface area contributed by atoms with Crippen LogP contribution in [0, 0.1) is 0 Å². The van der Waals surface area contributed by atoms with Crippen molar-refractivity contribution in [3.63, 3.8) is 0 Å². The lowest BCUT2D eigenvalue weighted by atomic mass is 10.2. The van der Waals surface area contributed by atoms with Crippen LogP contribution in [0.3, 0.4) is 0 Å². The minimum absolute atomic E-state index is 0.293. The van der Waals surface area contributed by atoms with Crippen LogP contribution in [0.4, 0.5) is 0 Å². The summed E-state index contributed by atoms with van der Waals surface area (Å²) in [7, 11) is 1.62. The van der Waals surface area contributed by atoms with E-state index in [1.165, 1.54) is 5.56 Å². The van der Waals surface area contributed by atoms with E-state index < -0.39 is 0 Å². The molecule has 3 heteroatoms. The Bertz CT molecular complexity index is 287. The zero-order valence-corrected chi connectivity index (χ0v) is 9.62. The van der Waals surface area contributed by atoms with Crippen molar-refractivity contribution in [1.29, 1.82) is 0 Å². The molecule has 0 unspecified atom stereocenters. The van der Waals surface area contributed by atoms with E-state index in [4.69, 9.17) is 9.47 Å². The van der Waals surface area contributed by atoms with E-state index in [2.05, 4.69) is 25.2 Å². The van der Waals surface area contributed by atoms with Crippen LogP contribution >= 0.6 is 0 Å². The SMILES string of the molecule is COCOc1cccc(CNC(C)C)c1. The number of nitrogens with one attached hydrogen (secondary N) is 1. The second-order valence-corrected chi connectivity index (χ2v) is 3.73. The van der Waals surface area contributed by atoms with Crippen molar-refractivity contribution in [2.45, 2.75) is 26.4 Å². The number of hydrogen-bond acceptors (Lipinski definition) is 3. The van der Waals surface area contributed by atoms with Crippen LogP contribution in [0.1, 0.15) is 19.4 Å². The van der Waals surface area contributed by atoms with Gasteiger partial charge in [0.2, 0.25) is 0 Å². The maximum Gasteiger partial charge on any atom is 0.188 e. The van der Waals surface area contributed by atoms with Gasteiger partial charge in [0.1, 0.15) is 5.75 Å². The Balaban J connectivity index is 2.50. The van der Waals surface area contributed by atoms with Crippen LogP contribution < -0.4 is 10.1 Å². The highest BCUT2D eigenvalue weighted by molar-refractivity contribution is 5.28. The van der Waals surface area contributed by atoms with E-state index >= 15 is 0 Å². The summed E-state index contributed by atoms with van der Waals surface area (Å²) in [6.07, 6.45) is 0. The third-order valence-electron chi connectivity index (χ3n) is 1.96. The Morgan fingerprint density at radius 3 is 2.80 bits per heavy atom. The highest BCUT2D eigenvalue weighted by atomic mass is 16.7. The van der Waals surface area contributed by atoms with Gasteiger partial charge in [0.25, 0.3) is 0 Å². The van der Waals surface area contributed by atoms with E-state index in [1.54, 1.807) is 7.11 Å². The smallest absolute Gasteiger partial charge is 0.188 e. The zero-order chi connectivity index (χ0) is 11.1. The monoisotopic (exact) mass is 209 g/mol. The van der Waals surface area contributed by atoms with Gasteiger partial charge in [0, 0.05) is 19.7 Å². The van der Waals surface area contributed by atoms with Crippen molar-refractivity contribution in [2.75, 3.05) is 13.9 Å². The largest absolute Gasteiger partial charge is 0.468 e. The molecule has 0 saturated carbocycles. The predicted molar refractivity (Wildman–Crippen MR) is 60.9 cm³/mol. The molecule has 0 saturated heterocycles. The van der Waals surface area contributed by atoms with Gasteiger partial charge >= 0.3 is 0 Å². The minimum Gasteiger partial charge on any atom is -0.468 e. The van der Waals surface area contributed by atoms with E-state index in [0.29, 0.717) is 12.8 Å². The molecule has 84 valence electrons. The van der Waals surface area contributed by atoms with Crippen molar-refractivity contribution in [2.24, 2.45) is 0 Å². The minimum atomic E-state index is 0.293. The molecule has 3 nitrogen and oxygen atoms in total. The normalized spacial score (nSPS) is 10.7. The molecule has 0 bridgehead atoms. The first-order chi connectivity index (χ1) is 7.22. The van der Waals surface area contributed by atoms with Crippen molar-refractivity contribution < 1.29 is 9.47 Å². The summed E-state index contributed by atoms with van der Waals surface area (Å²) in [6.45, 7) is 5.42. The second kappa shape index (κ2) is 6.43. The third-order valence-corrected chi connectivity index (χ3v) is 1.96. The van der Waals surface area contributed by atoms with Gasteiger partial charge in [0.05, 0.1) is 0 Å². The first-order valence-corrected chi connectivity index (χ1v) is 5.16. The van der Waals surface area contributed by atoms with Crippen LogP contribution in [0.5, 0.6) is 5.75 Å². The van der Waals surface area contributed by atoms with E-state index in [-0.39, 0.29) is 0 Å². The first-order valence-electron chi connectivity index (χ1n) is 5.16. The van der Waals surface area contributed by atoms with Gasteiger partial charge in [-0.3, -0.25) is 0 Å². The van der Waals surface area contributed by atoms with Gasteiger partial charge in [-0.15, -0.1) is 0 Å². The van der Waals surface area contributed by atoms with Crippen molar-refractivity contribution in [3.05, 3.63) is 29.8 Å². The molecule has 0 fully saturated rings. The van der Waals surface area contributed by atoms with Crippen LogP contribution in [-0.2, 0) is 11.3 Å². The lowest BCUT2D eigenvalue weighted by Crippen LogP contribution is -2.21. The Morgan fingerprint density at radius 1 is 1.33 bits per heavy atom. The number of benzene rings is 1. The van der Waals surface area contributed by atoms with Crippen LogP contribution in [-0.4, -0.2) is 19.9 Å². The highest BCUT2D eigenvalue weighted by Gasteiger charge is 1.97. The molecule has 15 heavy (non-hydrogen) atoms. The lowest BCUT2D eigenvalue weighted by molar-refractivity contribution is 0.0511. The Kier molecular flexibility index (Phi) is 5.15. The fourth-order valence-electron chi connectivity index (χ4n) is 1.19. The number of hydrogen-bond donors (Lipinski definition) is 1.